The second-order valence-electron chi connectivity index (χ2n) is 4.62. The molecule has 3 N–H and O–H groups in total. The van der Waals surface area contributed by atoms with E-state index in [4.69, 9.17) is 15.2 Å². The van der Waals surface area contributed by atoms with Gasteiger partial charge in [0.1, 0.15) is 6.10 Å². The van der Waals surface area contributed by atoms with Crippen molar-refractivity contribution in [2.75, 3.05) is 19.7 Å². The van der Waals surface area contributed by atoms with Crippen LogP contribution in [0.5, 0.6) is 0 Å². The first-order valence-electron chi connectivity index (χ1n) is 6.38. The van der Waals surface area contributed by atoms with Gasteiger partial charge in [0.25, 0.3) is 0 Å². The highest BCUT2D eigenvalue weighted by Gasteiger charge is 2.29. The molecule has 0 aromatic rings. The Bertz CT molecular complexity index is 234. The van der Waals surface area contributed by atoms with Crippen LogP contribution in [0.2, 0.25) is 0 Å². The van der Waals surface area contributed by atoms with Crippen molar-refractivity contribution in [3.63, 3.8) is 0 Å². The molecule has 0 spiro atoms. The van der Waals surface area contributed by atoms with E-state index in [0.29, 0.717) is 19.7 Å². The number of hydrogen-bond acceptors (Lipinski definition) is 4. The van der Waals surface area contributed by atoms with Gasteiger partial charge in [0.05, 0.1) is 12.2 Å². The van der Waals surface area contributed by atoms with Gasteiger partial charge in [-0.2, -0.15) is 0 Å². The highest BCUT2D eigenvalue weighted by atomic mass is 16.5. The normalized spacial score (nSPS) is 24.2. The minimum absolute atomic E-state index is 0.0227. The van der Waals surface area contributed by atoms with Gasteiger partial charge >= 0.3 is 0 Å². The number of nitrogens with one attached hydrogen (secondary N) is 1. The Labute approximate surface area is 103 Å². The van der Waals surface area contributed by atoms with Gasteiger partial charge in [-0.1, -0.05) is 0 Å². The molecular formula is C12H24N2O3. The predicted octanol–water partition coefficient (Wildman–Crippen LogP) is 0.424. The fourth-order valence-corrected chi connectivity index (χ4v) is 1.79. The molecule has 2 unspecified atom stereocenters. The fraction of sp³-hybridized carbons (Fsp3) is 0.917. The number of amides is 1. The van der Waals surface area contributed by atoms with E-state index < -0.39 is 0 Å². The molecule has 0 aromatic carbocycles. The lowest BCUT2D eigenvalue weighted by Crippen LogP contribution is -2.36. The van der Waals surface area contributed by atoms with Crippen molar-refractivity contribution in [3.05, 3.63) is 0 Å². The zero-order valence-electron chi connectivity index (χ0n) is 10.8. The van der Waals surface area contributed by atoms with Crippen molar-refractivity contribution in [3.8, 4) is 0 Å². The van der Waals surface area contributed by atoms with Crippen LogP contribution in [0.15, 0.2) is 0 Å². The Kier molecular flexibility index (Phi) is 6.47. The van der Waals surface area contributed by atoms with E-state index >= 15 is 0 Å². The molecule has 17 heavy (non-hydrogen) atoms. The number of carbonyl (C=O) groups is 1. The smallest absolute Gasteiger partial charge is 0.249 e. The zero-order valence-corrected chi connectivity index (χ0v) is 10.8. The first kappa shape index (κ1) is 14.4. The lowest BCUT2D eigenvalue weighted by Gasteiger charge is -2.13. The Hall–Kier alpha value is -0.650. The molecule has 0 radical (unpaired) electrons. The van der Waals surface area contributed by atoms with Crippen LogP contribution in [0.1, 0.15) is 33.1 Å². The molecule has 1 saturated heterocycles. The van der Waals surface area contributed by atoms with E-state index in [1.165, 1.54) is 0 Å². The molecule has 5 nitrogen and oxygen atoms in total. The van der Waals surface area contributed by atoms with Crippen molar-refractivity contribution in [2.24, 2.45) is 5.73 Å². The largest absolute Gasteiger partial charge is 0.379 e. The molecule has 1 heterocycles. The SMILES string of the molecule is CC(C)OCCCNC(=O)C1CCC(CN)O1. The number of rotatable bonds is 7. The molecule has 1 fully saturated rings. The van der Waals surface area contributed by atoms with Crippen molar-refractivity contribution < 1.29 is 14.3 Å². The molecule has 0 saturated carbocycles. The molecule has 2 atom stereocenters. The van der Waals surface area contributed by atoms with Crippen LogP contribution in [0.25, 0.3) is 0 Å². The maximum atomic E-state index is 11.7. The van der Waals surface area contributed by atoms with Crippen LogP contribution in [0, 0.1) is 0 Å². The molecule has 0 bridgehead atoms. The van der Waals surface area contributed by atoms with Gasteiger partial charge in [0.15, 0.2) is 0 Å². The average Bonchev–Trinajstić information content (AvgIpc) is 2.76. The summed E-state index contributed by atoms with van der Waals surface area (Å²) in [6, 6.07) is 0. The highest BCUT2D eigenvalue weighted by molar-refractivity contribution is 5.80. The van der Waals surface area contributed by atoms with E-state index in [-0.39, 0.29) is 24.2 Å². The zero-order chi connectivity index (χ0) is 12.7. The Morgan fingerprint density at radius 2 is 2.29 bits per heavy atom. The number of carbonyl (C=O) groups excluding carboxylic acids is 1. The van der Waals surface area contributed by atoms with Crippen LogP contribution in [0.4, 0.5) is 0 Å². The first-order chi connectivity index (χ1) is 8.13. The molecule has 5 heteroatoms. The lowest BCUT2D eigenvalue weighted by molar-refractivity contribution is -0.131. The van der Waals surface area contributed by atoms with Gasteiger partial charge < -0.3 is 20.5 Å². The number of ether oxygens (including phenoxy) is 2. The van der Waals surface area contributed by atoms with Crippen LogP contribution in [-0.4, -0.2) is 43.9 Å². The topological polar surface area (TPSA) is 73.6 Å². The Balaban J connectivity index is 2.05. The van der Waals surface area contributed by atoms with Gasteiger partial charge in [0, 0.05) is 19.7 Å². The molecule has 0 aliphatic carbocycles. The van der Waals surface area contributed by atoms with E-state index in [2.05, 4.69) is 5.32 Å². The molecule has 1 aliphatic rings. The summed E-state index contributed by atoms with van der Waals surface area (Å²) in [7, 11) is 0. The highest BCUT2D eigenvalue weighted by Crippen LogP contribution is 2.18. The summed E-state index contributed by atoms with van der Waals surface area (Å²) in [4.78, 5) is 11.7. The van der Waals surface area contributed by atoms with Crippen LogP contribution in [0.3, 0.4) is 0 Å². The van der Waals surface area contributed by atoms with Gasteiger partial charge in [-0.15, -0.1) is 0 Å². The van der Waals surface area contributed by atoms with Crippen molar-refractivity contribution in [1.82, 2.24) is 5.32 Å². The maximum absolute atomic E-state index is 11.7. The molecular weight excluding hydrogens is 220 g/mol. The Morgan fingerprint density at radius 3 is 2.88 bits per heavy atom. The summed E-state index contributed by atoms with van der Waals surface area (Å²) in [5.74, 6) is -0.0227. The summed E-state index contributed by atoms with van der Waals surface area (Å²) >= 11 is 0. The summed E-state index contributed by atoms with van der Waals surface area (Å²) in [6.07, 6.45) is 2.47. The standard InChI is InChI=1S/C12H24N2O3/c1-9(2)16-7-3-6-14-12(15)11-5-4-10(8-13)17-11/h9-11H,3-8,13H2,1-2H3,(H,14,15). The fourth-order valence-electron chi connectivity index (χ4n) is 1.79. The van der Waals surface area contributed by atoms with E-state index in [1.807, 2.05) is 13.8 Å². The van der Waals surface area contributed by atoms with Gasteiger partial charge in [-0.3, -0.25) is 4.79 Å². The summed E-state index contributed by atoms with van der Waals surface area (Å²) < 4.78 is 10.9. The van der Waals surface area contributed by atoms with E-state index in [9.17, 15) is 4.79 Å². The molecule has 1 rings (SSSR count). The lowest BCUT2D eigenvalue weighted by atomic mass is 10.2. The maximum Gasteiger partial charge on any atom is 0.249 e. The van der Waals surface area contributed by atoms with Gasteiger partial charge in [-0.25, -0.2) is 0 Å². The first-order valence-corrected chi connectivity index (χ1v) is 6.38. The summed E-state index contributed by atoms with van der Waals surface area (Å²) in [5, 5.41) is 2.86. The van der Waals surface area contributed by atoms with Crippen LogP contribution < -0.4 is 11.1 Å². The number of nitrogens with two attached hydrogens (primary N) is 1. The molecule has 1 aliphatic heterocycles. The predicted molar refractivity (Wildman–Crippen MR) is 65.7 cm³/mol. The summed E-state index contributed by atoms with van der Waals surface area (Å²) in [6.45, 7) is 5.80. The monoisotopic (exact) mass is 244 g/mol. The average molecular weight is 244 g/mol. The molecule has 1 amide bonds. The van der Waals surface area contributed by atoms with Crippen LogP contribution in [-0.2, 0) is 14.3 Å². The minimum atomic E-state index is -0.311. The van der Waals surface area contributed by atoms with Crippen molar-refractivity contribution >= 4 is 5.91 Å². The summed E-state index contributed by atoms with van der Waals surface area (Å²) in [5.41, 5.74) is 5.49. The van der Waals surface area contributed by atoms with Crippen molar-refractivity contribution in [1.29, 1.82) is 0 Å². The van der Waals surface area contributed by atoms with Crippen LogP contribution >= 0.6 is 0 Å². The molecule has 100 valence electrons. The Morgan fingerprint density at radius 1 is 1.53 bits per heavy atom. The third-order valence-electron chi connectivity index (χ3n) is 2.73. The minimum Gasteiger partial charge on any atom is -0.379 e. The third kappa shape index (κ3) is 5.48. The quantitative estimate of drug-likeness (QED) is 0.637. The van der Waals surface area contributed by atoms with Crippen molar-refractivity contribution in [2.45, 2.75) is 51.4 Å². The van der Waals surface area contributed by atoms with Gasteiger partial charge in [0.2, 0.25) is 5.91 Å². The second-order valence-corrected chi connectivity index (χ2v) is 4.62. The second kappa shape index (κ2) is 7.63. The third-order valence-corrected chi connectivity index (χ3v) is 2.73. The van der Waals surface area contributed by atoms with E-state index in [1.54, 1.807) is 0 Å². The van der Waals surface area contributed by atoms with E-state index in [0.717, 1.165) is 19.3 Å². The van der Waals surface area contributed by atoms with Gasteiger partial charge in [-0.05, 0) is 33.1 Å². The number of hydrogen-bond donors (Lipinski definition) is 2. The molecule has 0 aromatic heterocycles.